The number of likely N-dealkylation sites (tertiary alicyclic amines) is 1. The van der Waals surface area contributed by atoms with Crippen LogP contribution in [0.2, 0.25) is 0 Å². The second-order valence-electron chi connectivity index (χ2n) is 6.24. The molecule has 1 saturated heterocycles. The summed E-state index contributed by atoms with van der Waals surface area (Å²) in [5, 5.41) is 3.50. The summed E-state index contributed by atoms with van der Waals surface area (Å²) < 4.78 is 2.06. The number of amides is 1. The van der Waals surface area contributed by atoms with Gasteiger partial charge in [0, 0.05) is 50.2 Å². The lowest BCUT2D eigenvalue weighted by atomic mass is 10.1. The lowest BCUT2D eigenvalue weighted by molar-refractivity contribution is 0.0793. The monoisotopic (exact) mass is 312 g/mol. The third kappa shape index (κ3) is 4.20. The minimum Gasteiger partial charge on any atom is -0.339 e. The first kappa shape index (κ1) is 15.7. The number of imidazole rings is 1. The van der Waals surface area contributed by atoms with E-state index in [2.05, 4.69) is 21.8 Å². The van der Waals surface area contributed by atoms with Crippen LogP contribution < -0.4 is 5.32 Å². The fourth-order valence-electron chi connectivity index (χ4n) is 2.94. The Morgan fingerprint density at radius 1 is 1.26 bits per heavy atom. The van der Waals surface area contributed by atoms with Crippen LogP contribution in [0.15, 0.2) is 43.0 Å². The maximum atomic E-state index is 12.3. The number of hydrogen-bond acceptors (Lipinski definition) is 3. The molecular weight excluding hydrogens is 288 g/mol. The van der Waals surface area contributed by atoms with Crippen LogP contribution in [-0.2, 0) is 13.1 Å². The zero-order chi connectivity index (χ0) is 16.1. The highest BCUT2D eigenvalue weighted by atomic mass is 16.2. The summed E-state index contributed by atoms with van der Waals surface area (Å²) in [6.07, 6.45) is 7.85. The van der Waals surface area contributed by atoms with Crippen molar-refractivity contribution >= 4 is 5.91 Å². The normalized spacial score (nSPS) is 15.8. The van der Waals surface area contributed by atoms with Crippen molar-refractivity contribution in [3.05, 3.63) is 54.1 Å². The van der Waals surface area contributed by atoms with E-state index in [0.717, 1.165) is 44.6 Å². The number of aromatic nitrogens is 2. The van der Waals surface area contributed by atoms with E-state index in [1.807, 2.05) is 41.7 Å². The van der Waals surface area contributed by atoms with Gasteiger partial charge < -0.3 is 14.8 Å². The summed E-state index contributed by atoms with van der Waals surface area (Å²) in [4.78, 5) is 18.3. The molecule has 0 unspecified atom stereocenters. The number of benzene rings is 1. The fourth-order valence-corrected chi connectivity index (χ4v) is 2.94. The Bertz CT molecular complexity index is 615. The van der Waals surface area contributed by atoms with Gasteiger partial charge in [0.25, 0.3) is 5.91 Å². The lowest BCUT2D eigenvalue weighted by Gasteiger charge is -2.16. The van der Waals surface area contributed by atoms with Gasteiger partial charge in [-0.25, -0.2) is 4.98 Å². The highest BCUT2D eigenvalue weighted by Gasteiger charge is 2.19. The Labute approximate surface area is 137 Å². The van der Waals surface area contributed by atoms with Gasteiger partial charge in [0.2, 0.25) is 0 Å². The molecule has 0 spiro atoms. The predicted molar refractivity (Wildman–Crippen MR) is 90.1 cm³/mol. The smallest absolute Gasteiger partial charge is 0.253 e. The largest absolute Gasteiger partial charge is 0.339 e. The van der Waals surface area contributed by atoms with Crippen molar-refractivity contribution in [2.75, 3.05) is 13.1 Å². The van der Waals surface area contributed by atoms with E-state index in [1.165, 1.54) is 5.56 Å². The maximum Gasteiger partial charge on any atom is 0.253 e. The minimum atomic E-state index is 0.162. The molecule has 0 saturated carbocycles. The molecule has 5 heteroatoms. The van der Waals surface area contributed by atoms with Gasteiger partial charge in [0.15, 0.2) is 0 Å². The molecule has 1 aliphatic heterocycles. The van der Waals surface area contributed by atoms with Crippen LogP contribution in [0, 0.1) is 0 Å². The van der Waals surface area contributed by atoms with Gasteiger partial charge in [-0.2, -0.15) is 0 Å². The van der Waals surface area contributed by atoms with E-state index in [1.54, 1.807) is 6.20 Å². The van der Waals surface area contributed by atoms with Crippen LogP contribution in [0.4, 0.5) is 0 Å². The van der Waals surface area contributed by atoms with E-state index >= 15 is 0 Å². The molecule has 1 aromatic heterocycles. The number of nitrogens with one attached hydrogen (secondary N) is 1. The van der Waals surface area contributed by atoms with Crippen molar-refractivity contribution in [3.63, 3.8) is 0 Å². The molecule has 0 aliphatic carbocycles. The van der Waals surface area contributed by atoms with Gasteiger partial charge >= 0.3 is 0 Å². The SMILES string of the molecule is C[C@H](Cn1ccnc1)NCc1ccc(C(=O)N2CCCC2)cc1. The third-order valence-electron chi connectivity index (χ3n) is 4.29. The predicted octanol–water partition coefficient (Wildman–Crippen LogP) is 2.30. The Morgan fingerprint density at radius 2 is 2.00 bits per heavy atom. The molecule has 1 amide bonds. The molecule has 2 heterocycles. The van der Waals surface area contributed by atoms with Gasteiger partial charge in [-0.15, -0.1) is 0 Å². The average Bonchev–Trinajstić information content (AvgIpc) is 3.26. The Balaban J connectivity index is 1.50. The van der Waals surface area contributed by atoms with Crippen molar-refractivity contribution in [2.24, 2.45) is 0 Å². The zero-order valence-electron chi connectivity index (χ0n) is 13.6. The lowest BCUT2D eigenvalue weighted by Crippen LogP contribution is -2.29. The molecule has 0 radical (unpaired) electrons. The third-order valence-corrected chi connectivity index (χ3v) is 4.29. The van der Waals surface area contributed by atoms with E-state index in [-0.39, 0.29) is 5.91 Å². The van der Waals surface area contributed by atoms with Gasteiger partial charge in [-0.3, -0.25) is 4.79 Å². The average molecular weight is 312 g/mol. The van der Waals surface area contributed by atoms with Gasteiger partial charge in [-0.05, 0) is 37.5 Å². The maximum absolute atomic E-state index is 12.3. The fraction of sp³-hybridized carbons (Fsp3) is 0.444. The number of carbonyl (C=O) groups is 1. The van der Waals surface area contributed by atoms with Gasteiger partial charge in [0.05, 0.1) is 6.33 Å². The second-order valence-corrected chi connectivity index (χ2v) is 6.24. The number of carbonyl (C=O) groups excluding carboxylic acids is 1. The van der Waals surface area contributed by atoms with Crippen LogP contribution in [-0.4, -0.2) is 39.5 Å². The number of rotatable bonds is 6. The van der Waals surface area contributed by atoms with E-state index < -0.39 is 0 Å². The first-order valence-corrected chi connectivity index (χ1v) is 8.30. The Morgan fingerprint density at radius 3 is 2.65 bits per heavy atom. The first-order chi connectivity index (χ1) is 11.2. The highest BCUT2D eigenvalue weighted by molar-refractivity contribution is 5.94. The molecule has 3 rings (SSSR count). The molecule has 5 nitrogen and oxygen atoms in total. The molecule has 23 heavy (non-hydrogen) atoms. The standard InChI is InChI=1S/C18H24N4O/c1-15(13-21-11-8-19-14-21)20-12-16-4-6-17(7-5-16)18(23)22-9-2-3-10-22/h4-8,11,14-15,20H,2-3,9-10,12-13H2,1H3/t15-/m1/s1. The first-order valence-electron chi connectivity index (χ1n) is 8.30. The summed E-state index contributed by atoms with van der Waals surface area (Å²) in [6, 6.07) is 8.33. The Hall–Kier alpha value is -2.14. The van der Waals surface area contributed by atoms with Crippen molar-refractivity contribution < 1.29 is 4.79 Å². The molecule has 1 fully saturated rings. The summed E-state index contributed by atoms with van der Waals surface area (Å²) in [5.74, 6) is 0.162. The summed E-state index contributed by atoms with van der Waals surface area (Å²) in [6.45, 7) is 5.65. The summed E-state index contributed by atoms with van der Waals surface area (Å²) >= 11 is 0. The Kier molecular flexibility index (Phi) is 5.08. The molecule has 1 N–H and O–H groups in total. The van der Waals surface area contributed by atoms with Crippen molar-refractivity contribution in [3.8, 4) is 0 Å². The van der Waals surface area contributed by atoms with Crippen molar-refractivity contribution in [1.82, 2.24) is 19.8 Å². The van der Waals surface area contributed by atoms with Gasteiger partial charge in [-0.1, -0.05) is 12.1 Å². The number of nitrogens with zero attached hydrogens (tertiary/aromatic N) is 3. The van der Waals surface area contributed by atoms with Crippen LogP contribution in [0.3, 0.4) is 0 Å². The molecule has 1 aromatic carbocycles. The minimum absolute atomic E-state index is 0.162. The molecular formula is C18H24N4O. The van der Waals surface area contributed by atoms with E-state index in [0.29, 0.717) is 6.04 Å². The van der Waals surface area contributed by atoms with E-state index in [4.69, 9.17) is 0 Å². The quantitative estimate of drug-likeness (QED) is 0.890. The van der Waals surface area contributed by atoms with E-state index in [9.17, 15) is 4.79 Å². The van der Waals surface area contributed by atoms with Crippen LogP contribution in [0.25, 0.3) is 0 Å². The highest BCUT2D eigenvalue weighted by Crippen LogP contribution is 2.13. The topological polar surface area (TPSA) is 50.2 Å². The second kappa shape index (κ2) is 7.42. The summed E-state index contributed by atoms with van der Waals surface area (Å²) in [5.41, 5.74) is 1.99. The van der Waals surface area contributed by atoms with Crippen molar-refractivity contribution in [1.29, 1.82) is 0 Å². The molecule has 1 atom stereocenters. The molecule has 1 aliphatic rings. The number of hydrogen-bond donors (Lipinski definition) is 1. The van der Waals surface area contributed by atoms with Gasteiger partial charge in [0.1, 0.15) is 0 Å². The molecule has 122 valence electrons. The van der Waals surface area contributed by atoms with Crippen LogP contribution >= 0.6 is 0 Å². The van der Waals surface area contributed by atoms with Crippen LogP contribution in [0.5, 0.6) is 0 Å². The molecule has 0 bridgehead atoms. The van der Waals surface area contributed by atoms with Crippen molar-refractivity contribution in [2.45, 2.75) is 38.9 Å². The van der Waals surface area contributed by atoms with Crippen LogP contribution in [0.1, 0.15) is 35.7 Å². The zero-order valence-corrected chi connectivity index (χ0v) is 13.6. The molecule has 2 aromatic rings. The summed E-state index contributed by atoms with van der Waals surface area (Å²) in [7, 11) is 0.